The number of rotatable bonds is 8. The molecule has 0 radical (unpaired) electrons. The topological polar surface area (TPSA) is 75.6 Å². The molecule has 5 nitrogen and oxygen atoms in total. The summed E-state index contributed by atoms with van der Waals surface area (Å²) in [6, 6.07) is 0. The molecule has 0 aliphatic rings. The van der Waals surface area contributed by atoms with Gasteiger partial charge in [0.2, 0.25) is 5.91 Å². The van der Waals surface area contributed by atoms with Crippen molar-refractivity contribution >= 4 is 11.9 Å². The maximum absolute atomic E-state index is 11.7. The fourth-order valence-corrected chi connectivity index (χ4v) is 1.41. The molecule has 0 saturated heterocycles. The molecule has 0 aromatic rings. The van der Waals surface area contributed by atoms with Gasteiger partial charge in [0.25, 0.3) is 0 Å². The molecule has 106 valence electrons. The van der Waals surface area contributed by atoms with E-state index in [0.29, 0.717) is 13.2 Å². The van der Waals surface area contributed by atoms with E-state index in [1.807, 2.05) is 27.7 Å². The zero-order valence-electron chi connectivity index (χ0n) is 11.9. The molecule has 5 heteroatoms. The van der Waals surface area contributed by atoms with E-state index in [1.165, 1.54) is 0 Å². The molecule has 18 heavy (non-hydrogen) atoms. The number of amides is 1. The molecular formula is C13H25NO4. The van der Waals surface area contributed by atoms with Gasteiger partial charge in [0.15, 0.2) is 0 Å². The Morgan fingerprint density at radius 3 is 2.22 bits per heavy atom. The van der Waals surface area contributed by atoms with Crippen LogP contribution in [0.2, 0.25) is 0 Å². The van der Waals surface area contributed by atoms with Gasteiger partial charge in [0.05, 0.1) is 18.1 Å². The lowest BCUT2D eigenvalue weighted by Gasteiger charge is -2.28. The minimum absolute atomic E-state index is 0.0122. The van der Waals surface area contributed by atoms with Crippen molar-refractivity contribution in [1.82, 2.24) is 5.32 Å². The molecule has 0 rings (SSSR count). The summed E-state index contributed by atoms with van der Waals surface area (Å²) in [5.74, 6) is -1.29. The van der Waals surface area contributed by atoms with Gasteiger partial charge >= 0.3 is 5.97 Å². The molecule has 0 aromatic carbocycles. The molecule has 0 aliphatic carbocycles. The lowest BCUT2D eigenvalue weighted by atomic mass is 9.76. The molecule has 1 unspecified atom stereocenters. The second-order valence-corrected chi connectivity index (χ2v) is 5.32. The summed E-state index contributed by atoms with van der Waals surface area (Å²) < 4.78 is 5.29. The minimum atomic E-state index is -1.02. The molecule has 0 spiro atoms. The van der Waals surface area contributed by atoms with Crippen LogP contribution < -0.4 is 5.32 Å². The highest BCUT2D eigenvalue weighted by atomic mass is 16.5. The smallest absolute Gasteiger partial charge is 0.310 e. The number of hydrogen-bond acceptors (Lipinski definition) is 3. The monoisotopic (exact) mass is 259 g/mol. The van der Waals surface area contributed by atoms with E-state index in [4.69, 9.17) is 4.74 Å². The number of carbonyl (C=O) groups is 2. The number of aliphatic carboxylic acids is 1. The third-order valence-electron chi connectivity index (χ3n) is 3.17. The maximum atomic E-state index is 11.7. The van der Waals surface area contributed by atoms with Gasteiger partial charge in [0.1, 0.15) is 0 Å². The number of carboxylic acid groups (broad SMARTS) is 1. The van der Waals surface area contributed by atoms with Crippen molar-refractivity contribution in [3.8, 4) is 0 Å². The Morgan fingerprint density at radius 1 is 1.28 bits per heavy atom. The van der Waals surface area contributed by atoms with Gasteiger partial charge < -0.3 is 15.2 Å². The summed E-state index contributed by atoms with van der Waals surface area (Å²) in [6.45, 7) is 9.90. The molecular weight excluding hydrogens is 234 g/mol. The predicted molar refractivity (Wildman–Crippen MR) is 69.3 cm³/mol. The van der Waals surface area contributed by atoms with Crippen LogP contribution >= 0.6 is 0 Å². The van der Waals surface area contributed by atoms with Crippen LogP contribution in [0, 0.1) is 11.3 Å². The van der Waals surface area contributed by atoms with Crippen LogP contribution in [0.25, 0.3) is 0 Å². The fraction of sp³-hybridized carbons (Fsp3) is 0.846. The highest BCUT2D eigenvalue weighted by molar-refractivity contribution is 5.84. The van der Waals surface area contributed by atoms with Crippen molar-refractivity contribution < 1.29 is 19.4 Å². The average molecular weight is 259 g/mol. The van der Waals surface area contributed by atoms with Crippen molar-refractivity contribution in [2.75, 3.05) is 13.2 Å². The van der Waals surface area contributed by atoms with E-state index >= 15 is 0 Å². The van der Waals surface area contributed by atoms with Gasteiger partial charge in [-0.1, -0.05) is 13.8 Å². The van der Waals surface area contributed by atoms with Crippen molar-refractivity contribution in [2.45, 2.75) is 47.1 Å². The summed E-state index contributed by atoms with van der Waals surface area (Å²) >= 11 is 0. The number of ether oxygens (including phenoxy) is 1. The van der Waals surface area contributed by atoms with Crippen molar-refractivity contribution in [2.24, 2.45) is 11.3 Å². The van der Waals surface area contributed by atoms with Crippen molar-refractivity contribution in [3.63, 3.8) is 0 Å². The number of carboxylic acids is 1. The van der Waals surface area contributed by atoms with Crippen LogP contribution in [0.5, 0.6) is 0 Å². The van der Waals surface area contributed by atoms with Crippen LogP contribution in [-0.2, 0) is 14.3 Å². The Bertz CT molecular complexity index is 289. The summed E-state index contributed by atoms with van der Waals surface area (Å²) in [7, 11) is 0. The Labute approximate surface area is 109 Å². The molecule has 0 fully saturated rings. The van der Waals surface area contributed by atoms with Gasteiger partial charge in [-0.2, -0.15) is 0 Å². The molecule has 0 bridgehead atoms. The van der Waals surface area contributed by atoms with Crippen LogP contribution in [0.4, 0.5) is 0 Å². The first kappa shape index (κ1) is 16.9. The van der Waals surface area contributed by atoms with Gasteiger partial charge in [0, 0.05) is 13.0 Å². The average Bonchev–Trinajstić information content (AvgIpc) is 2.23. The summed E-state index contributed by atoms with van der Waals surface area (Å²) in [5, 5.41) is 11.9. The van der Waals surface area contributed by atoms with Gasteiger partial charge in [-0.15, -0.1) is 0 Å². The third-order valence-corrected chi connectivity index (χ3v) is 3.17. The van der Waals surface area contributed by atoms with E-state index in [2.05, 4.69) is 5.32 Å². The van der Waals surface area contributed by atoms with Gasteiger partial charge in [-0.25, -0.2) is 0 Å². The first-order chi connectivity index (χ1) is 8.20. The summed E-state index contributed by atoms with van der Waals surface area (Å²) in [6.07, 6.45) is 0.114. The standard InChI is InChI=1S/C13H25NO4/c1-9(2)13(5,12(16)17)8-11(15)14-6-7-18-10(3)4/h9-10H,6-8H2,1-5H3,(H,14,15)(H,16,17). The molecule has 2 N–H and O–H groups in total. The number of carbonyl (C=O) groups excluding carboxylic acids is 1. The molecule has 0 aliphatic heterocycles. The van der Waals surface area contributed by atoms with Crippen molar-refractivity contribution in [3.05, 3.63) is 0 Å². The lowest BCUT2D eigenvalue weighted by molar-refractivity contribution is -0.153. The van der Waals surface area contributed by atoms with Crippen LogP contribution in [-0.4, -0.2) is 36.2 Å². The van der Waals surface area contributed by atoms with Gasteiger partial charge in [-0.3, -0.25) is 9.59 Å². The van der Waals surface area contributed by atoms with E-state index in [-0.39, 0.29) is 24.3 Å². The molecule has 1 amide bonds. The lowest BCUT2D eigenvalue weighted by Crippen LogP contribution is -2.40. The molecule has 0 saturated carbocycles. The molecule has 0 heterocycles. The van der Waals surface area contributed by atoms with Gasteiger partial charge in [-0.05, 0) is 26.7 Å². The van der Waals surface area contributed by atoms with Crippen LogP contribution in [0.3, 0.4) is 0 Å². The Hall–Kier alpha value is -1.10. The largest absolute Gasteiger partial charge is 0.481 e. The number of nitrogens with one attached hydrogen (secondary N) is 1. The van der Waals surface area contributed by atoms with Crippen molar-refractivity contribution in [1.29, 1.82) is 0 Å². The van der Waals surface area contributed by atoms with Crippen LogP contribution in [0.1, 0.15) is 41.0 Å². The predicted octanol–water partition coefficient (Wildman–Crippen LogP) is 1.66. The second-order valence-electron chi connectivity index (χ2n) is 5.32. The first-order valence-electron chi connectivity index (χ1n) is 6.31. The van der Waals surface area contributed by atoms with E-state index in [1.54, 1.807) is 6.92 Å². The Morgan fingerprint density at radius 2 is 1.83 bits per heavy atom. The number of hydrogen-bond donors (Lipinski definition) is 2. The third kappa shape index (κ3) is 5.49. The first-order valence-corrected chi connectivity index (χ1v) is 6.31. The van der Waals surface area contributed by atoms with Crippen LogP contribution in [0.15, 0.2) is 0 Å². The summed E-state index contributed by atoms with van der Waals surface area (Å²) in [5.41, 5.74) is -1.02. The highest BCUT2D eigenvalue weighted by Crippen LogP contribution is 2.31. The zero-order chi connectivity index (χ0) is 14.3. The van der Waals surface area contributed by atoms with E-state index in [0.717, 1.165) is 0 Å². The Kier molecular flexibility index (Phi) is 6.91. The van der Waals surface area contributed by atoms with E-state index < -0.39 is 11.4 Å². The maximum Gasteiger partial charge on any atom is 0.310 e. The fourth-order valence-electron chi connectivity index (χ4n) is 1.41. The van der Waals surface area contributed by atoms with E-state index in [9.17, 15) is 14.7 Å². The quantitative estimate of drug-likeness (QED) is 0.650. The highest BCUT2D eigenvalue weighted by Gasteiger charge is 2.38. The zero-order valence-corrected chi connectivity index (χ0v) is 11.9. The SMILES string of the molecule is CC(C)OCCNC(=O)CC(C)(C(=O)O)C(C)C. The Balaban J connectivity index is 4.17. The summed E-state index contributed by atoms with van der Waals surface area (Å²) in [4.78, 5) is 22.9. The second kappa shape index (κ2) is 7.36. The normalized spacial score (nSPS) is 14.6. The molecule has 0 aromatic heterocycles. The minimum Gasteiger partial charge on any atom is -0.481 e. The molecule has 1 atom stereocenters.